The lowest BCUT2D eigenvalue weighted by atomic mass is 9.83. The maximum Gasteiger partial charge on any atom is 0.407 e. The summed E-state index contributed by atoms with van der Waals surface area (Å²) in [6.45, 7) is 10.8. The summed E-state index contributed by atoms with van der Waals surface area (Å²) in [5.41, 5.74) is -1.67. The number of alkyl carbamates (subject to hydrolysis) is 1. The van der Waals surface area contributed by atoms with Crippen molar-refractivity contribution in [3.63, 3.8) is 0 Å². The van der Waals surface area contributed by atoms with Gasteiger partial charge in [0.1, 0.15) is 5.60 Å². The Hall–Kier alpha value is -2.36. The monoisotopic (exact) mass is 399 g/mol. The number of thiol groups is 1. The Balaban J connectivity index is 3.24. The van der Waals surface area contributed by atoms with Crippen LogP contribution < -0.4 is 5.32 Å². The molecule has 1 aromatic carbocycles. The fourth-order valence-electron chi connectivity index (χ4n) is 2.32. The molecule has 1 N–H and O–H groups in total. The Labute approximate surface area is 163 Å². The van der Waals surface area contributed by atoms with E-state index in [1.54, 1.807) is 20.8 Å². The highest BCUT2D eigenvalue weighted by molar-refractivity contribution is 7.80. The number of nitro groups is 2. The van der Waals surface area contributed by atoms with Gasteiger partial charge in [0.15, 0.2) is 4.90 Å². The molecular weight excluding hydrogens is 374 g/mol. The molecule has 0 aromatic heterocycles. The summed E-state index contributed by atoms with van der Waals surface area (Å²) in [5, 5.41) is 25.2. The zero-order valence-corrected chi connectivity index (χ0v) is 17.1. The van der Waals surface area contributed by atoms with Crippen molar-refractivity contribution in [2.24, 2.45) is 5.41 Å². The van der Waals surface area contributed by atoms with Crippen LogP contribution in [0.5, 0.6) is 0 Å². The number of ether oxygens (including phenoxy) is 1. The van der Waals surface area contributed by atoms with Crippen LogP contribution in [0.15, 0.2) is 17.0 Å². The van der Waals surface area contributed by atoms with Gasteiger partial charge in [0.25, 0.3) is 11.4 Å². The molecule has 0 fully saturated rings. The van der Waals surface area contributed by atoms with E-state index in [2.05, 4.69) is 17.9 Å². The fourth-order valence-corrected chi connectivity index (χ4v) is 2.61. The maximum atomic E-state index is 12.1. The van der Waals surface area contributed by atoms with Gasteiger partial charge in [0, 0.05) is 18.2 Å². The molecular formula is C17H25N3O6S. The average Bonchev–Trinajstić information content (AvgIpc) is 2.44. The second-order valence-corrected chi connectivity index (χ2v) is 8.71. The van der Waals surface area contributed by atoms with Gasteiger partial charge in [0.05, 0.1) is 9.85 Å². The summed E-state index contributed by atoms with van der Waals surface area (Å²) in [6.07, 6.45) is -0.476. The maximum absolute atomic E-state index is 12.1. The van der Waals surface area contributed by atoms with Crippen molar-refractivity contribution in [3.8, 4) is 0 Å². The molecule has 10 heteroatoms. The van der Waals surface area contributed by atoms with Crippen LogP contribution in [0.1, 0.15) is 47.1 Å². The fraction of sp³-hybridized carbons (Fsp3) is 0.588. The van der Waals surface area contributed by atoms with Gasteiger partial charge in [-0.3, -0.25) is 20.2 Å². The molecule has 0 aliphatic carbocycles. The lowest BCUT2D eigenvalue weighted by Gasteiger charge is -2.32. The first-order chi connectivity index (χ1) is 12.1. The van der Waals surface area contributed by atoms with E-state index in [1.165, 1.54) is 12.1 Å². The number of nitrogens with one attached hydrogen (secondary N) is 1. The zero-order valence-electron chi connectivity index (χ0n) is 16.2. The van der Waals surface area contributed by atoms with Crippen molar-refractivity contribution in [2.45, 2.75) is 64.5 Å². The SMILES string of the molecule is CC(C)(C)OC(=O)NC(Cc1cc([N+](=O)[O-])c(S)c([N+](=O)[O-])c1)C(C)(C)C. The van der Waals surface area contributed by atoms with Crippen molar-refractivity contribution in [2.75, 3.05) is 0 Å². The van der Waals surface area contributed by atoms with Gasteiger partial charge in [0.2, 0.25) is 0 Å². The normalized spacial score (nSPS) is 13.0. The smallest absolute Gasteiger partial charge is 0.407 e. The first-order valence-electron chi connectivity index (χ1n) is 8.26. The van der Waals surface area contributed by atoms with Gasteiger partial charge in [-0.1, -0.05) is 20.8 Å². The second kappa shape index (κ2) is 8.12. The molecule has 0 aliphatic rings. The molecule has 1 amide bonds. The summed E-state index contributed by atoms with van der Waals surface area (Å²) >= 11 is 3.91. The summed E-state index contributed by atoms with van der Waals surface area (Å²) in [6, 6.07) is 2.01. The Morgan fingerprint density at radius 3 is 1.89 bits per heavy atom. The number of hydrogen-bond acceptors (Lipinski definition) is 7. The predicted octanol–water partition coefficient (Wildman–Crippen LogP) is 4.27. The molecule has 0 aliphatic heterocycles. The summed E-state index contributed by atoms with van der Waals surface area (Å²) in [4.78, 5) is 32.8. The number of hydrogen-bond donors (Lipinski definition) is 2. The van der Waals surface area contributed by atoms with E-state index in [-0.39, 0.29) is 11.3 Å². The standard InChI is InChI=1S/C17H25N3O6S/c1-16(2,3)13(18-15(21)26-17(4,5)6)9-10-7-11(19(22)23)14(27)12(8-10)20(24)25/h7-8,13,27H,9H2,1-6H3,(H,18,21). The molecule has 1 aromatic rings. The molecule has 0 saturated carbocycles. The third-order valence-corrected chi connectivity index (χ3v) is 4.16. The van der Waals surface area contributed by atoms with Crippen LogP contribution in [-0.4, -0.2) is 27.6 Å². The summed E-state index contributed by atoms with van der Waals surface area (Å²) in [5.74, 6) is 0. The van der Waals surface area contributed by atoms with Crippen LogP contribution in [0.2, 0.25) is 0 Å². The lowest BCUT2D eigenvalue weighted by Crippen LogP contribution is -2.47. The number of carbonyl (C=O) groups excluding carboxylic acids is 1. The van der Waals surface area contributed by atoms with E-state index in [9.17, 15) is 25.0 Å². The Kier molecular flexibility index (Phi) is 6.82. The van der Waals surface area contributed by atoms with Gasteiger partial charge in [-0.25, -0.2) is 4.79 Å². The van der Waals surface area contributed by atoms with E-state index in [0.29, 0.717) is 5.56 Å². The zero-order chi connectivity index (χ0) is 21.2. The number of nitrogens with zero attached hydrogens (tertiary/aromatic N) is 2. The first-order valence-corrected chi connectivity index (χ1v) is 8.70. The van der Waals surface area contributed by atoms with E-state index >= 15 is 0 Å². The molecule has 0 saturated heterocycles. The van der Waals surface area contributed by atoms with E-state index < -0.39 is 44.4 Å². The minimum absolute atomic E-state index is 0.151. The molecule has 1 rings (SSSR count). The van der Waals surface area contributed by atoms with Gasteiger partial charge in [-0.05, 0) is 38.2 Å². The molecule has 1 unspecified atom stereocenters. The molecule has 9 nitrogen and oxygen atoms in total. The van der Waals surface area contributed by atoms with Crippen LogP contribution in [0.3, 0.4) is 0 Å². The molecule has 0 radical (unpaired) electrons. The van der Waals surface area contributed by atoms with Crippen molar-refractivity contribution in [3.05, 3.63) is 37.9 Å². The highest BCUT2D eigenvalue weighted by Gasteiger charge is 2.31. The molecule has 27 heavy (non-hydrogen) atoms. The Bertz CT molecular complexity index is 717. The van der Waals surface area contributed by atoms with E-state index in [0.717, 1.165) is 0 Å². The van der Waals surface area contributed by atoms with Gasteiger partial charge >= 0.3 is 6.09 Å². The topological polar surface area (TPSA) is 125 Å². The molecule has 150 valence electrons. The van der Waals surface area contributed by atoms with Crippen LogP contribution in [-0.2, 0) is 11.2 Å². The van der Waals surface area contributed by atoms with Crippen molar-refractivity contribution in [1.82, 2.24) is 5.32 Å². The van der Waals surface area contributed by atoms with Gasteiger partial charge in [-0.15, -0.1) is 12.6 Å². The van der Waals surface area contributed by atoms with Crippen molar-refractivity contribution in [1.29, 1.82) is 0 Å². The Morgan fingerprint density at radius 2 is 1.56 bits per heavy atom. The molecule has 0 bridgehead atoms. The van der Waals surface area contributed by atoms with E-state index in [4.69, 9.17) is 4.74 Å². The number of carbonyl (C=O) groups is 1. The highest BCUT2D eigenvalue weighted by atomic mass is 32.1. The number of nitro benzene ring substituents is 2. The third kappa shape index (κ3) is 6.70. The van der Waals surface area contributed by atoms with Crippen molar-refractivity contribution >= 4 is 30.1 Å². The van der Waals surface area contributed by atoms with Crippen molar-refractivity contribution < 1.29 is 19.4 Å². The lowest BCUT2D eigenvalue weighted by molar-refractivity contribution is -0.399. The minimum atomic E-state index is -0.716. The van der Waals surface area contributed by atoms with Crippen LogP contribution in [0.4, 0.5) is 16.2 Å². The summed E-state index contributed by atoms with van der Waals surface area (Å²) < 4.78 is 5.27. The Morgan fingerprint density at radius 1 is 1.11 bits per heavy atom. The minimum Gasteiger partial charge on any atom is -0.444 e. The second-order valence-electron chi connectivity index (χ2n) is 8.27. The predicted molar refractivity (Wildman–Crippen MR) is 103 cm³/mol. The molecule has 1 atom stereocenters. The van der Waals surface area contributed by atoms with Crippen LogP contribution in [0.25, 0.3) is 0 Å². The number of amides is 1. The highest BCUT2D eigenvalue weighted by Crippen LogP contribution is 2.35. The molecule has 0 spiro atoms. The van der Waals surface area contributed by atoms with Gasteiger partial charge < -0.3 is 10.1 Å². The largest absolute Gasteiger partial charge is 0.444 e. The number of rotatable bonds is 5. The quantitative estimate of drug-likeness (QED) is 0.433. The van der Waals surface area contributed by atoms with Crippen LogP contribution in [0, 0.1) is 25.6 Å². The molecule has 0 heterocycles. The first kappa shape index (κ1) is 22.7. The third-order valence-electron chi connectivity index (χ3n) is 3.70. The van der Waals surface area contributed by atoms with E-state index in [1.807, 2.05) is 20.8 Å². The summed E-state index contributed by atoms with van der Waals surface area (Å²) in [7, 11) is 0. The average molecular weight is 399 g/mol. The van der Waals surface area contributed by atoms with Crippen LogP contribution >= 0.6 is 12.6 Å². The number of benzene rings is 1. The van der Waals surface area contributed by atoms with Gasteiger partial charge in [-0.2, -0.15) is 0 Å².